The number of aromatic nitrogens is 1. The molecule has 0 spiro atoms. The van der Waals surface area contributed by atoms with E-state index in [1.165, 1.54) is 62.9 Å². The van der Waals surface area contributed by atoms with E-state index in [2.05, 4.69) is 150 Å². The number of hydrogen-bond donors (Lipinski definition) is 0. The number of hydrogen-bond acceptors (Lipinski definition) is 4. The van der Waals surface area contributed by atoms with E-state index in [0.717, 1.165) is 16.9 Å². The standard InChI is InChI=1S/C41H26N2S2/c1-2-10-27(11-3-1)31-12-4-5-13-32(31)28-19-21-29(22-20-28)43(30-23-24-35-39(26-30)44-38-18-9-25-42-40(35)38)36-16-8-15-34-33-14-6-7-17-37(33)45-41(34)36/h1-26H. The molecule has 0 aliphatic heterocycles. The van der Waals surface area contributed by atoms with Gasteiger partial charge in [-0.05, 0) is 76.9 Å². The van der Waals surface area contributed by atoms with Gasteiger partial charge in [-0.1, -0.05) is 97.1 Å². The molecule has 9 rings (SSSR count). The molecular weight excluding hydrogens is 585 g/mol. The zero-order chi connectivity index (χ0) is 29.7. The number of nitrogens with zero attached hydrogens (tertiary/aromatic N) is 2. The molecule has 0 unspecified atom stereocenters. The highest BCUT2D eigenvalue weighted by Crippen LogP contribution is 2.46. The van der Waals surface area contributed by atoms with E-state index in [0.29, 0.717) is 0 Å². The minimum atomic E-state index is 1.07. The van der Waals surface area contributed by atoms with Crippen LogP contribution in [0.1, 0.15) is 0 Å². The molecule has 6 aromatic carbocycles. The second-order valence-electron chi connectivity index (χ2n) is 11.2. The molecule has 2 nitrogen and oxygen atoms in total. The molecule has 3 heterocycles. The Morgan fingerprint density at radius 3 is 1.98 bits per heavy atom. The minimum Gasteiger partial charge on any atom is -0.309 e. The van der Waals surface area contributed by atoms with E-state index in [1.54, 1.807) is 11.3 Å². The number of thiophene rings is 2. The van der Waals surface area contributed by atoms with Crippen LogP contribution in [-0.4, -0.2) is 4.98 Å². The van der Waals surface area contributed by atoms with Gasteiger partial charge in [-0.25, -0.2) is 0 Å². The predicted molar refractivity (Wildman–Crippen MR) is 196 cm³/mol. The summed E-state index contributed by atoms with van der Waals surface area (Å²) in [4.78, 5) is 7.11. The van der Waals surface area contributed by atoms with Gasteiger partial charge in [-0.3, -0.25) is 4.98 Å². The van der Waals surface area contributed by atoms with E-state index < -0.39 is 0 Å². The topological polar surface area (TPSA) is 16.1 Å². The summed E-state index contributed by atoms with van der Waals surface area (Å²) >= 11 is 3.67. The smallest absolute Gasteiger partial charge is 0.0888 e. The fourth-order valence-corrected chi connectivity index (χ4v) is 8.76. The molecule has 0 aliphatic carbocycles. The molecule has 0 bridgehead atoms. The van der Waals surface area contributed by atoms with Crippen molar-refractivity contribution in [3.63, 3.8) is 0 Å². The van der Waals surface area contributed by atoms with Crippen LogP contribution in [0.15, 0.2) is 158 Å². The van der Waals surface area contributed by atoms with Gasteiger partial charge in [-0.2, -0.15) is 0 Å². The molecule has 0 saturated heterocycles. The summed E-state index contributed by atoms with van der Waals surface area (Å²) < 4.78 is 5.04. The molecule has 9 aromatic rings. The van der Waals surface area contributed by atoms with Crippen LogP contribution >= 0.6 is 22.7 Å². The fourth-order valence-electron chi connectivity index (χ4n) is 6.45. The number of fused-ring (bicyclic) bond motifs is 6. The molecule has 0 saturated carbocycles. The molecule has 0 radical (unpaired) electrons. The molecule has 0 amide bonds. The Kier molecular flexibility index (Phi) is 6.22. The summed E-state index contributed by atoms with van der Waals surface area (Å²) in [5, 5.41) is 3.80. The van der Waals surface area contributed by atoms with Gasteiger partial charge in [0.15, 0.2) is 0 Å². The molecule has 0 N–H and O–H groups in total. The Labute approximate surface area is 269 Å². The van der Waals surface area contributed by atoms with Crippen LogP contribution in [0, 0.1) is 0 Å². The van der Waals surface area contributed by atoms with Crippen molar-refractivity contribution in [3.05, 3.63) is 158 Å². The summed E-state index contributed by atoms with van der Waals surface area (Å²) in [7, 11) is 0. The van der Waals surface area contributed by atoms with Crippen LogP contribution in [0.2, 0.25) is 0 Å². The summed E-state index contributed by atoms with van der Waals surface area (Å²) in [6.45, 7) is 0. The molecule has 0 fully saturated rings. The first kappa shape index (κ1) is 26.1. The van der Waals surface area contributed by atoms with Crippen LogP contribution in [0.3, 0.4) is 0 Å². The third kappa shape index (κ3) is 4.41. The third-order valence-electron chi connectivity index (χ3n) is 8.54. The first-order valence-electron chi connectivity index (χ1n) is 15.0. The zero-order valence-electron chi connectivity index (χ0n) is 24.2. The lowest BCUT2D eigenvalue weighted by Crippen LogP contribution is -2.10. The van der Waals surface area contributed by atoms with Crippen molar-refractivity contribution in [2.24, 2.45) is 0 Å². The first-order valence-corrected chi connectivity index (χ1v) is 16.7. The van der Waals surface area contributed by atoms with Gasteiger partial charge < -0.3 is 4.90 Å². The summed E-state index contributed by atoms with van der Waals surface area (Å²) in [6, 6.07) is 54.8. The van der Waals surface area contributed by atoms with Crippen LogP contribution in [0.5, 0.6) is 0 Å². The maximum Gasteiger partial charge on any atom is 0.0888 e. The largest absolute Gasteiger partial charge is 0.309 e. The Morgan fingerprint density at radius 2 is 1.13 bits per heavy atom. The van der Waals surface area contributed by atoms with Gasteiger partial charge in [0.05, 0.1) is 20.6 Å². The lowest BCUT2D eigenvalue weighted by Gasteiger charge is -2.26. The predicted octanol–water partition coefficient (Wildman–Crippen LogP) is 12.6. The SMILES string of the molecule is c1ccc(-c2ccccc2-c2ccc(N(c3ccc4c(c3)sc3cccnc34)c3cccc4c3sc3ccccc34)cc2)cc1. The van der Waals surface area contributed by atoms with Crippen molar-refractivity contribution < 1.29 is 0 Å². The molecule has 3 aromatic heterocycles. The molecule has 0 atom stereocenters. The van der Waals surface area contributed by atoms with Crippen LogP contribution in [0.4, 0.5) is 17.1 Å². The maximum atomic E-state index is 4.69. The highest BCUT2D eigenvalue weighted by atomic mass is 32.1. The van der Waals surface area contributed by atoms with Crippen LogP contribution < -0.4 is 4.90 Å². The van der Waals surface area contributed by atoms with Gasteiger partial charge in [0.1, 0.15) is 0 Å². The average Bonchev–Trinajstić information content (AvgIpc) is 3.68. The highest BCUT2D eigenvalue weighted by molar-refractivity contribution is 7.26. The van der Waals surface area contributed by atoms with Gasteiger partial charge >= 0.3 is 0 Å². The Hall–Kier alpha value is -5.29. The minimum absolute atomic E-state index is 1.07. The quantitative estimate of drug-likeness (QED) is 0.193. The summed E-state index contributed by atoms with van der Waals surface area (Å²) in [5.74, 6) is 0. The molecule has 0 aliphatic rings. The van der Waals surface area contributed by atoms with E-state index >= 15 is 0 Å². The number of pyridine rings is 1. The Balaban J connectivity index is 1.23. The van der Waals surface area contributed by atoms with Crippen molar-refractivity contribution >= 4 is 80.2 Å². The molecule has 4 heteroatoms. The number of anilines is 3. The Bertz CT molecular complexity index is 2490. The average molecular weight is 611 g/mol. The maximum absolute atomic E-state index is 4.69. The third-order valence-corrected chi connectivity index (χ3v) is 10.9. The van der Waals surface area contributed by atoms with Gasteiger partial charge in [0, 0.05) is 43.1 Å². The van der Waals surface area contributed by atoms with Crippen molar-refractivity contribution in [3.8, 4) is 22.3 Å². The first-order chi connectivity index (χ1) is 22.3. The molecule has 212 valence electrons. The second kappa shape index (κ2) is 10.7. The van der Waals surface area contributed by atoms with E-state index in [-0.39, 0.29) is 0 Å². The lowest BCUT2D eigenvalue weighted by molar-refractivity contribution is 1.31. The molecule has 45 heavy (non-hydrogen) atoms. The van der Waals surface area contributed by atoms with Gasteiger partial charge in [-0.15, -0.1) is 22.7 Å². The van der Waals surface area contributed by atoms with E-state index in [1.807, 2.05) is 23.6 Å². The van der Waals surface area contributed by atoms with Crippen molar-refractivity contribution in [1.29, 1.82) is 0 Å². The Morgan fingerprint density at radius 1 is 0.444 bits per heavy atom. The van der Waals surface area contributed by atoms with Crippen molar-refractivity contribution in [1.82, 2.24) is 4.98 Å². The second-order valence-corrected chi connectivity index (χ2v) is 13.3. The molecular formula is C41H26N2S2. The number of rotatable bonds is 5. The van der Waals surface area contributed by atoms with Gasteiger partial charge in [0.2, 0.25) is 0 Å². The normalized spacial score (nSPS) is 11.6. The fraction of sp³-hybridized carbons (Fsp3) is 0. The summed E-state index contributed by atoms with van der Waals surface area (Å²) in [5.41, 5.74) is 9.41. The van der Waals surface area contributed by atoms with Crippen molar-refractivity contribution in [2.75, 3.05) is 4.90 Å². The van der Waals surface area contributed by atoms with Crippen LogP contribution in [-0.2, 0) is 0 Å². The van der Waals surface area contributed by atoms with Crippen LogP contribution in [0.25, 0.3) is 62.7 Å². The monoisotopic (exact) mass is 610 g/mol. The summed E-state index contributed by atoms with van der Waals surface area (Å²) in [6.07, 6.45) is 1.88. The zero-order valence-corrected chi connectivity index (χ0v) is 25.9. The van der Waals surface area contributed by atoms with E-state index in [9.17, 15) is 0 Å². The van der Waals surface area contributed by atoms with Crippen molar-refractivity contribution in [2.45, 2.75) is 0 Å². The van der Waals surface area contributed by atoms with Gasteiger partial charge in [0.25, 0.3) is 0 Å². The number of benzene rings is 6. The highest BCUT2D eigenvalue weighted by Gasteiger charge is 2.19. The van der Waals surface area contributed by atoms with E-state index in [4.69, 9.17) is 4.98 Å². The lowest BCUT2D eigenvalue weighted by atomic mass is 9.94.